The van der Waals surface area contributed by atoms with Gasteiger partial charge in [0, 0.05) is 31.7 Å². The number of hydrogen-bond donors (Lipinski definition) is 1. The zero-order valence-electron chi connectivity index (χ0n) is 17.2. The van der Waals surface area contributed by atoms with Crippen molar-refractivity contribution in [1.29, 1.82) is 0 Å². The highest BCUT2D eigenvalue weighted by molar-refractivity contribution is 7.10. The van der Waals surface area contributed by atoms with Crippen LogP contribution >= 0.6 is 11.5 Å². The van der Waals surface area contributed by atoms with Crippen LogP contribution in [0.15, 0.2) is 24.4 Å². The molecule has 2 saturated carbocycles. The van der Waals surface area contributed by atoms with Crippen LogP contribution in [0.4, 0.5) is 19.7 Å². The Kier molecular flexibility index (Phi) is 4.35. The lowest BCUT2D eigenvalue weighted by Gasteiger charge is -2.38. The van der Waals surface area contributed by atoms with Crippen LogP contribution in [0.1, 0.15) is 25.0 Å². The average Bonchev–Trinajstić information content (AvgIpc) is 3.09. The predicted octanol–water partition coefficient (Wildman–Crippen LogP) is 3.86. The van der Waals surface area contributed by atoms with Gasteiger partial charge in [-0.25, -0.2) is 13.3 Å². The van der Waals surface area contributed by atoms with Gasteiger partial charge in [0.05, 0.1) is 18.2 Å². The van der Waals surface area contributed by atoms with E-state index in [1.807, 2.05) is 6.92 Å². The van der Waals surface area contributed by atoms with Crippen LogP contribution in [0.2, 0.25) is 0 Å². The molecule has 2 aliphatic carbocycles. The maximum Gasteiger partial charge on any atom is 0.255 e. The second-order valence-electron chi connectivity index (χ2n) is 9.03. The minimum Gasteiger partial charge on any atom is -0.489 e. The van der Waals surface area contributed by atoms with Crippen molar-refractivity contribution in [2.45, 2.75) is 38.2 Å². The van der Waals surface area contributed by atoms with E-state index in [0.717, 1.165) is 18.8 Å². The summed E-state index contributed by atoms with van der Waals surface area (Å²) >= 11 is 1.58. The fourth-order valence-corrected chi connectivity index (χ4v) is 5.76. The summed E-state index contributed by atoms with van der Waals surface area (Å²) in [6.07, 6.45) is 4.08. The number of aryl methyl sites for hydroxylation is 1. The summed E-state index contributed by atoms with van der Waals surface area (Å²) in [5, 5.41) is 9.38. The molecule has 1 N–H and O–H groups in total. The Labute approximate surface area is 182 Å². The first-order valence-corrected chi connectivity index (χ1v) is 11.5. The maximum atomic E-state index is 13.2. The first kappa shape index (κ1) is 19.2. The Morgan fingerprint density at radius 3 is 2.74 bits per heavy atom. The summed E-state index contributed by atoms with van der Waals surface area (Å²) in [7, 11) is 0. The van der Waals surface area contributed by atoms with E-state index in [0.29, 0.717) is 35.2 Å². The van der Waals surface area contributed by atoms with Crippen molar-refractivity contribution in [3.8, 4) is 5.75 Å². The third-order valence-electron chi connectivity index (χ3n) is 6.78. The molecule has 1 saturated heterocycles. The van der Waals surface area contributed by atoms with Crippen LogP contribution in [0.25, 0.3) is 5.65 Å². The number of anilines is 2. The number of fused-ring (bicyclic) bond motifs is 3. The molecular formula is C21H24F2N6OS. The van der Waals surface area contributed by atoms with Gasteiger partial charge in [-0.3, -0.25) is 0 Å². The Hall–Kier alpha value is -2.49. The molecule has 4 atom stereocenters. The van der Waals surface area contributed by atoms with E-state index in [-0.39, 0.29) is 13.0 Å². The highest BCUT2D eigenvalue weighted by atomic mass is 32.1. The van der Waals surface area contributed by atoms with Crippen LogP contribution in [0.5, 0.6) is 5.75 Å². The molecule has 0 spiro atoms. The van der Waals surface area contributed by atoms with Gasteiger partial charge in [0.15, 0.2) is 11.4 Å². The Morgan fingerprint density at radius 1 is 1.29 bits per heavy atom. The van der Waals surface area contributed by atoms with E-state index in [4.69, 9.17) is 4.74 Å². The third kappa shape index (κ3) is 3.50. The normalized spacial score (nSPS) is 28.8. The maximum absolute atomic E-state index is 13.2. The summed E-state index contributed by atoms with van der Waals surface area (Å²) in [6.45, 7) is 4.05. The van der Waals surface area contributed by atoms with Gasteiger partial charge in [0.1, 0.15) is 5.00 Å². The van der Waals surface area contributed by atoms with Gasteiger partial charge in [-0.2, -0.15) is 9.36 Å². The van der Waals surface area contributed by atoms with Gasteiger partial charge in [-0.05, 0) is 61.3 Å². The van der Waals surface area contributed by atoms with Crippen molar-refractivity contribution < 1.29 is 13.5 Å². The lowest BCUT2D eigenvalue weighted by Crippen LogP contribution is -2.48. The van der Waals surface area contributed by atoms with E-state index in [2.05, 4.69) is 30.7 Å². The SMILES string of the molecule is Cc1cc(N2C[C@H]3CC[C@@H](C2)[C@@H]3Nc2nc3c(OCC4CC4(F)F)cccn3n2)sn1. The van der Waals surface area contributed by atoms with E-state index in [9.17, 15) is 8.78 Å². The molecule has 3 aromatic rings. The highest BCUT2D eigenvalue weighted by Gasteiger charge is 2.57. The molecule has 1 unspecified atom stereocenters. The fourth-order valence-electron chi connectivity index (χ4n) is 4.98. The molecule has 7 nitrogen and oxygen atoms in total. The summed E-state index contributed by atoms with van der Waals surface area (Å²) < 4.78 is 38.1. The minimum atomic E-state index is -2.59. The van der Waals surface area contributed by atoms with Gasteiger partial charge < -0.3 is 15.0 Å². The first-order chi connectivity index (χ1) is 15.0. The number of alkyl halides is 2. The molecule has 0 aromatic carbocycles. The second-order valence-corrected chi connectivity index (χ2v) is 9.81. The highest BCUT2D eigenvalue weighted by Crippen LogP contribution is 2.48. The average molecular weight is 447 g/mol. The first-order valence-electron chi connectivity index (χ1n) is 10.8. The number of ether oxygens (including phenoxy) is 1. The van der Waals surface area contributed by atoms with Crippen molar-refractivity contribution in [2.75, 3.05) is 29.9 Å². The standard InChI is InChI=1S/C21H24F2N6OS/c1-12-7-17(31-27-12)28-9-13-4-5-14(10-28)18(13)24-20-25-19-16(3-2-6-29(19)26-20)30-11-15-8-21(15,22)23/h2-3,6-7,13-15,18H,4-5,8-11H2,1H3,(H,24,26)/t13-,14+,15?,18-. The van der Waals surface area contributed by atoms with Gasteiger partial charge in [-0.15, -0.1) is 5.10 Å². The fraction of sp³-hybridized carbons (Fsp3) is 0.571. The Bertz CT molecular complexity index is 1100. The predicted molar refractivity (Wildman–Crippen MR) is 114 cm³/mol. The topological polar surface area (TPSA) is 67.6 Å². The van der Waals surface area contributed by atoms with Crippen molar-refractivity contribution >= 4 is 28.1 Å². The van der Waals surface area contributed by atoms with Crippen LogP contribution in [-0.2, 0) is 0 Å². The number of piperidine rings is 1. The minimum absolute atomic E-state index is 0.00194. The van der Waals surface area contributed by atoms with E-state index >= 15 is 0 Å². The molecule has 10 heteroatoms. The molecule has 3 aromatic heterocycles. The van der Waals surface area contributed by atoms with Crippen LogP contribution < -0.4 is 15.0 Å². The van der Waals surface area contributed by atoms with E-state index in [1.54, 1.807) is 34.4 Å². The zero-order chi connectivity index (χ0) is 21.2. The molecule has 0 radical (unpaired) electrons. The lowest BCUT2D eigenvalue weighted by atomic mass is 9.92. The summed E-state index contributed by atoms with van der Waals surface area (Å²) in [6, 6.07) is 6.05. The Morgan fingerprint density at radius 2 is 2.06 bits per heavy atom. The van der Waals surface area contributed by atoms with Gasteiger partial charge in [0.25, 0.3) is 5.92 Å². The molecule has 164 valence electrons. The smallest absolute Gasteiger partial charge is 0.255 e. The number of aromatic nitrogens is 4. The molecule has 4 heterocycles. The number of nitrogens with one attached hydrogen (secondary N) is 1. The van der Waals surface area contributed by atoms with Crippen LogP contribution in [0, 0.1) is 24.7 Å². The summed E-state index contributed by atoms with van der Waals surface area (Å²) in [5.74, 6) is -1.17. The molecule has 3 aliphatic rings. The quantitative estimate of drug-likeness (QED) is 0.620. The molecule has 6 rings (SSSR count). The number of rotatable bonds is 6. The number of nitrogens with zero attached hydrogens (tertiary/aromatic N) is 5. The van der Waals surface area contributed by atoms with E-state index in [1.165, 1.54) is 17.8 Å². The second kappa shape index (κ2) is 7.01. The number of hydrogen-bond acceptors (Lipinski definition) is 7. The van der Waals surface area contributed by atoms with Crippen molar-refractivity contribution in [2.24, 2.45) is 17.8 Å². The molecular weight excluding hydrogens is 422 g/mol. The van der Waals surface area contributed by atoms with Crippen molar-refractivity contribution in [3.05, 3.63) is 30.1 Å². The van der Waals surface area contributed by atoms with Crippen LogP contribution in [0.3, 0.4) is 0 Å². The third-order valence-corrected chi connectivity index (χ3v) is 7.72. The van der Waals surface area contributed by atoms with Crippen molar-refractivity contribution in [1.82, 2.24) is 19.0 Å². The lowest BCUT2D eigenvalue weighted by molar-refractivity contribution is 0.0857. The van der Waals surface area contributed by atoms with Gasteiger partial charge >= 0.3 is 0 Å². The van der Waals surface area contributed by atoms with Gasteiger partial charge in [-0.1, -0.05) is 0 Å². The molecule has 3 fully saturated rings. The summed E-state index contributed by atoms with van der Waals surface area (Å²) in [4.78, 5) is 7.09. The molecule has 2 bridgehead atoms. The number of halogens is 2. The number of pyridine rings is 1. The molecule has 31 heavy (non-hydrogen) atoms. The Balaban J connectivity index is 1.16. The molecule has 0 amide bonds. The van der Waals surface area contributed by atoms with E-state index < -0.39 is 11.8 Å². The van der Waals surface area contributed by atoms with Crippen molar-refractivity contribution in [3.63, 3.8) is 0 Å². The monoisotopic (exact) mass is 446 g/mol. The van der Waals surface area contributed by atoms with Gasteiger partial charge in [0.2, 0.25) is 5.95 Å². The summed E-state index contributed by atoms with van der Waals surface area (Å²) in [5.41, 5.74) is 1.63. The van der Waals surface area contributed by atoms with Crippen LogP contribution in [-0.4, -0.2) is 50.6 Å². The zero-order valence-corrected chi connectivity index (χ0v) is 18.0. The molecule has 1 aliphatic heterocycles. The largest absolute Gasteiger partial charge is 0.489 e.